The molecular weight excluding hydrogens is 182 g/mol. The fourth-order valence-electron chi connectivity index (χ4n) is 0.748. The van der Waals surface area contributed by atoms with Crippen molar-refractivity contribution in [1.29, 1.82) is 0 Å². The molecule has 0 heterocycles. The van der Waals surface area contributed by atoms with Gasteiger partial charge in [-0.1, -0.05) is 0 Å². The molecule has 0 radical (unpaired) electrons. The third-order valence-corrected chi connectivity index (χ3v) is 1.19. The normalized spacial score (nSPS) is 8.50. The summed E-state index contributed by atoms with van der Waals surface area (Å²) in [6.07, 6.45) is 0. The van der Waals surface area contributed by atoms with Gasteiger partial charge >= 0.3 is 0 Å². The van der Waals surface area contributed by atoms with Gasteiger partial charge in [-0.05, 0) is 31.2 Å². The van der Waals surface area contributed by atoms with E-state index in [-0.39, 0.29) is 18.3 Å². The lowest BCUT2D eigenvalue weighted by Crippen LogP contribution is -2.04. The topological polar surface area (TPSA) is 69.6 Å². The molecule has 0 fully saturated rings. The van der Waals surface area contributed by atoms with Gasteiger partial charge < -0.3 is 15.5 Å². The predicted octanol–water partition coefficient (Wildman–Crippen LogP) is 1.35. The van der Waals surface area contributed by atoms with Crippen LogP contribution >= 0.6 is 0 Å². The summed E-state index contributed by atoms with van der Waals surface area (Å²) in [5.74, 6) is 0.0785. The van der Waals surface area contributed by atoms with Gasteiger partial charge in [-0.15, -0.1) is 0 Å². The number of phenolic OH excluding ortho intramolecular Hbond substituents is 1. The summed E-state index contributed by atoms with van der Waals surface area (Å²) in [7, 11) is 0. The summed E-state index contributed by atoms with van der Waals surface area (Å²) < 4.78 is 0. The predicted molar refractivity (Wildman–Crippen MR) is 55.2 cm³/mol. The summed E-state index contributed by atoms with van der Waals surface area (Å²) in [6.45, 7) is 3.37. The Bertz CT molecular complexity index is 269. The molecule has 78 valence electrons. The van der Waals surface area contributed by atoms with Gasteiger partial charge in [0.05, 0.1) is 0 Å². The molecule has 0 aliphatic rings. The summed E-state index contributed by atoms with van der Waals surface area (Å²) in [5, 5.41) is 19.0. The van der Waals surface area contributed by atoms with Gasteiger partial charge in [0.1, 0.15) is 5.75 Å². The quantitative estimate of drug-likeness (QED) is 0.595. The average molecular weight is 197 g/mol. The lowest BCUT2D eigenvalue weighted by Gasteiger charge is -1.99. The number of hydrogen-bond donors (Lipinski definition) is 3. The van der Waals surface area contributed by atoms with E-state index in [0.29, 0.717) is 5.69 Å². The van der Waals surface area contributed by atoms with Crippen LogP contribution in [0.4, 0.5) is 5.69 Å². The van der Waals surface area contributed by atoms with Crippen LogP contribution in [-0.2, 0) is 4.79 Å². The maximum atomic E-state index is 10.5. The van der Waals surface area contributed by atoms with E-state index in [1.165, 1.54) is 19.1 Å². The van der Waals surface area contributed by atoms with E-state index < -0.39 is 0 Å². The van der Waals surface area contributed by atoms with Crippen LogP contribution in [0.5, 0.6) is 5.75 Å². The highest BCUT2D eigenvalue weighted by Gasteiger charge is 1.93. The van der Waals surface area contributed by atoms with E-state index in [1.807, 2.05) is 0 Å². The molecule has 0 saturated carbocycles. The number of anilines is 1. The number of amides is 1. The maximum Gasteiger partial charge on any atom is 0.221 e. The Labute approximate surface area is 83.2 Å². The minimum absolute atomic E-state index is 0.115. The number of hydrogen-bond acceptors (Lipinski definition) is 3. The highest BCUT2D eigenvalue weighted by molar-refractivity contribution is 5.88. The highest BCUT2D eigenvalue weighted by Crippen LogP contribution is 2.13. The first-order valence-electron chi connectivity index (χ1n) is 4.27. The van der Waals surface area contributed by atoms with Crippen molar-refractivity contribution in [1.82, 2.24) is 0 Å². The second kappa shape index (κ2) is 6.91. The van der Waals surface area contributed by atoms with Crippen molar-refractivity contribution in [3.63, 3.8) is 0 Å². The number of aliphatic hydroxyl groups is 1. The van der Waals surface area contributed by atoms with E-state index in [4.69, 9.17) is 10.2 Å². The number of carbonyl (C=O) groups excluding carboxylic acids is 1. The molecule has 4 heteroatoms. The second-order valence-corrected chi connectivity index (χ2v) is 2.54. The Kier molecular flexibility index (Phi) is 6.15. The Morgan fingerprint density at radius 3 is 2.14 bits per heavy atom. The van der Waals surface area contributed by atoms with Crippen LogP contribution in [0.1, 0.15) is 13.8 Å². The summed E-state index contributed by atoms with van der Waals surface area (Å²) in [6, 6.07) is 6.31. The monoisotopic (exact) mass is 197 g/mol. The molecule has 1 amide bonds. The first kappa shape index (κ1) is 12.4. The Balaban J connectivity index is 0.000000500. The van der Waals surface area contributed by atoms with E-state index in [9.17, 15) is 4.79 Å². The zero-order valence-electron chi connectivity index (χ0n) is 8.32. The van der Waals surface area contributed by atoms with Gasteiger partial charge in [0.25, 0.3) is 0 Å². The number of aromatic hydroxyl groups is 1. The van der Waals surface area contributed by atoms with Crippen LogP contribution in [0.25, 0.3) is 0 Å². The molecule has 1 aromatic rings. The molecule has 14 heavy (non-hydrogen) atoms. The van der Waals surface area contributed by atoms with Gasteiger partial charge in [0, 0.05) is 19.2 Å². The number of aliphatic hydroxyl groups excluding tert-OH is 1. The lowest BCUT2D eigenvalue weighted by molar-refractivity contribution is -0.114. The van der Waals surface area contributed by atoms with Gasteiger partial charge in [-0.2, -0.15) is 0 Å². The van der Waals surface area contributed by atoms with E-state index >= 15 is 0 Å². The molecule has 0 atom stereocenters. The highest BCUT2D eigenvalue weighted by atomic mass is 16.3. The minimum Gasteiger partial charge on any atom is -0.508 e. The molecule has 0 spiro atoms. The molecule has 1 aromatic carbocycles. The number of phenols is 1. The third-order valence-electron chi connectivity index (χ3n) is 1.19. The zero-order valence-corrected chi connectivity index (χ0v) is 8.32. The van der Waals surface area contributed by atoms with Gasteiger partial charge in [0.2, 0.25) is 5.91 Å². The standard InChI is InChI=1S/C8H9NO2.C2H6O/c1-6(10)9-7-2-4-8(11)5-3-7;1-2-3/h2-5,11H,1H3,(H,9,10);3H,2H2,1H3. The molecule has 0 aliphatic heterocycles. The Hall–Kier alpha value is -1.55. The van der Waals surface area contributed by atoms with Gasteiger partial charge in [-0.3, -0.25) is 4.79 Å². The molecular formula is C10H15NO3. The van der Waals surface area contributed by atoms with Crippen molar-refractivity contribution >= 4 is 11.6 Å². The molecule has 1 rings (SSSR count). The van der Waals surface area contributed by atoms with Crippen LogP contribution < -0.4 is 5.32 Å². The van der Waals surface area contributed by atoms with Crippen LogP contribution in [0.15, 0.2) is 24.3 Å². The first-order valence-corrected chi connectivity index (χ1v) is 4.27. The molecule has 4 nitrogen and oxygen atoms in total. The Morgan fingerprint density at radius 2 is 1.79 bits per heavy atom. The maximum absolute atomic E-state index is 10.5. The van der Waals surface area contributed by atoms with E-state index in [0.717, 1.165) is 0 Å². The number of benzene rings is 1. The van der Waals surface area contributed by atoms with E-state index in [2.05, 4.69) is 5.32 Å². The molecule has 0 aliphatic carbocycles. The zero-order chi connectivity index (χ0) is 11.0. The first-order chi connectivity index (χ1) is 6.60. The molecule has 0 aromatic heterocycles. The number of rotatable bonds is 1. The second-order valence-electron chi connectivity index (χ2n) is 2.54. The summed E-state index contributed by atoms with van der Waals surface area (Å²) in [4.78, 5) is 10.5. The van der Waals surface area contributed by atoms with Crippen LogP contribution in [-0.4, -0.2) is 22.7 Å². The van der Waals surface area contributed by atoms with Crippen molar-refractivity contribution in [2.45, 2.75) is 13.8 Å². The third kappa shape index (κ3) is 6.02. The summed E-state index contributed by atoms with van der Waals surface area (Å²) in [5.41, 5.74) is 0.690. The van der Waals surface area contributed by atoms with Crippen LogP contribution in [0, 0.1) is 0 Å². The fourth-order valence-corrected chi connectivity index (χ4v) is 0.748. The Morgan fingerprint density at radius 1 is 1.36 bits per heavy atom. The molecule has 0 bridgehead atoms. The molecule has 0 unspecified atom stereocenters. The lowest BCUT2D eigenvalue weighted by atomic mass is 10.3. The SMILES string of the molecule is CC(=O)Nc1ccc(O)cc1.CCO. The number of carbonyl (C=O) groups is 1. The van der Waals surface area contributed by atoms with Gasteiger partial charge in [-0.25, -0.2) is 0 Å². The van der Waals surface area contributed by atoms with Gasteiger partial charge in [0.15, 0.2) is 0 Å². The molecule has 0 saturated heterocycles. The fraction of sp³-hybridized carbons (Fsp3) is 0.300. The summed E-state index contributed by atoms with van der Waals surface area (Å²) >= 11 is 0. The van der Waals surface area contributed by atoms with Crippen molar-refractivity contribution < 1.29 is 15.0 Å². The largest absolute Gasteiger partial charge is 0.508 e. The minimum atomic E-state index is -0.115. The number of nitrogens with one attached hydrogen (secondary N) is 1. The smallest absolute Gasteiger partial charge is 0.221 e. The molecule has 3 N–H and O–H groups in total. The van der Waals surface area contributed by atoms with E-state index in [1.54, 1.807) is 19.1 Å². The van der Waals surface area contributed by atoms with Crippen LogP contribution in [0.3, 0.4) is 0 Å². The van der Waals surface area contributed by atoms with Crippen molar-refractivity contribution in [2.75, 3.05) is 11.9 Å². The van der Waals surface area contributed by atoms with Crippen molar-refractivity contribution in [2.24, 2.45) is 0 Å². The van der Waals surface area contributed by atoms with Crippen LogP contribution in [0.2, 0.25) is 0 Å². The average Bonchev–Trinajstić information content (AvgIpc) is 2.09. The van der Waals surface area contributed by atoms with Crippen molar-refractivity contribution in [3.05, 3.63) is 24.3 Å². The van der Waals surface area contributed by atoms with Crippen molar-refractivity contribution in [3.8, 4) is 5.75 Å².